The number of carbonyl (C=O) groups excluding carboxylic acids is 3. The van der Waals surface area contributed by atoms with Gasteiger partial charge in [0.15, 0.2) is 0 Å². The molecule has 0 saturated carbocycles. The number of imide groups is 1. The standard InChI is InChI=1S/C18H14N2O4/c1-2-11-24-13-9-7-12(8-10-13)16(21)19-20-17(22)14-5-3-4-6-15(14)18(20)23/h2-10H,1,11H2,(H,19,21). The van der Waals surface area contributed by atoms with Crippen molar-refractivity contribution in [2.24, 2.45) is 0 Å². The van der Waals surface area contributed by atoms with Crippen molar-refractivity contribution in [2.75, 3.05) is 6.61 Å². The summed E-state index contributed by atoms with van der Waals surface area (Å²) in [7, 11) is 0. The topological polar surface area (TPSA) is 75.7 Å². The van der Waals surface area contributed by atoms with E-state index >= 15 is 0 Å². The maximum Gasteiger partial charge on any atom is 0.280 e. The highest BCUT2D eigenvalue weighted by atomic mass is 16.5. The minimum atomic E-state index is -0.556. The van der Waals surface area contributed by atoms with E-state index < -0.39 is 17.7 Å². The molecule has 0 fully saturated rings. The molecule has 3 amide bonds. The molecule has 120 valence electrons. The van der Waals surface area contributed by atoms with Crippen molar-refractivity contribution in [1.29, 1.82) is 0 Å². The average Bonchev–Trinajstić information content (AvgIpc) is 2.85. The van der Waals surface area contributed by atoms with Crippen LogP contribution in [-0.2, 0) is 0 Å². The molecule has 1 aliphatic rings. The van der Waals surface area contributed by atoms with E-state index in [9.17, 15) is 14.4 Å². The quantitative estimate of drug-likeness (QED) is 0.676. The number of fused-ring (bicyclic) bond motifs is 1. The fraction of sp³-hybridized carbons (Fsp3) is 0.0556. The van der Waals surface area contributed by atoms with E-state index in [-0.39, 0.29) is 11.1 Å². The third-order valence-electron chi connectivity index (χ3n) is 3.49. The summed E-state index contributed by atoms with van der Waals surface area (Å²) in [5.41, 5.74) is 3.19. The van der Waals surface area contributed by atoms with Crippen LogP contribution in [0.4, 0.5) is 0 Å². The molecular formula is C18H14N2O4. The third-order valence-corrected chi connectivity index (χ3v) is 3.49. The van der Waals surface area contributed by atoms with Crippen molar-refractivity contribution in [3.63, 3.8) is 0 Å². The zero-order valence-electron chi connectivity index (χ0n) is 12.7. The van der Waals surface area contributed by atoms with Gasteiger partial charge in [-0.05, 0) is 36.4 Å². The largest absolute Gasteiger partial charge is 0.490 e. The lowest BCUT2D eigenvalue weighted by molar-refractivity contribution is 0.0518. The van der Waals surface area contributed by atoms with E-state index in [0.29, 0.717) is 17.9 Å². The molecule has 24 heavy (non-hydrogen) atoms. The molecule has 6 nitrogen and oxygen atoms in total. The summed E-state index contributed by atoms with van der Waals surface area (Å²) in [6.07, 6.45) is 1.61. The maximum absolute atomic E-state index is 12.3. The van der Waals surface area contributed by atoms with E-state index in [1.165, 1.54) is 0 Å². The van der Waals surface area contributed by atoms with Crippen LogP contribution in [0.5, 0.6) is 5.75 Å². The molecule has 0 spiro atoms. The van der Waals surface area contributed by atoms with E-state index in [2.05, 4.69) is 12.0 Å². The summed E-state index contributed by atoms with van der Waals surface area (Å²) in [6, 6.07) is 12.8. The van der Waals surface area contributed by atoms with Crippen molar-refractivity contribution in [1.82, 2.24) is 10.4 Å². The van der Waals surface area contributed by atoms with Gasteiger partial charge in [-0.1, -0.05) is 24.8 Å². The molecule has 1 heterocycles. The molecule has 6 heteroatoms. The number of nitrogens with one attached hydrogen (secondary N) is 1. The Labute approximate surface area is 138 Å². The first-order valence-corrected chi connectivity index (χ1v) is 7.24. The summed E-state index contributed by atoms with van der Waals surface area (Å²) in [4.78, 5) is 36.7. The SMILES string of the molecule is C=CCOc1ccc(C(=O)NN2C(=O)c3ccccc3C2=O)cc1. The molecule has 1 aliphatic heterocycles. The number of amides is 3. The van der Waals surface area contributed by atoms with Gasteiger partial charge in [-0.25, -0.2) is 0 Å². The Morgan fingerprint density at radius 1 is 1.04 bits per heavy atom. The molecule has 3 rings (SSSR count). The number of nitrogens with zero attached hydrogens (tertiary/aromatic N) is 1. The molecule has 0 atom stereocenters. The number of hydrogen-bond donors (Lipinski definition) is 1. The number of rotatable bonds is 5. The van der Waals surface area contributed by atoms with Crippen molar-refractivity contribution >= 4 is 17.7 Å². The smallest absolute Gasteiger partial charge is 0.280 e. The third kappa shape index (κ3) is 2.77. The monoisotopic (exact) mass is 322 g/mol. The predicted molar refractivity (Wildman–Crippen MR) is 86.5 cm³/mol. The number of hydrogen-bond acceptors (Lipinski definition) is 4. The van der Waals surface area contributed by atoms with Gasteiger partial charge >= 0.3 is 0 Å². The van der Waals surface area contributed by atoms with Crippen LogP contribution in [-0.4, -0.2) is 29.3 Å². The summed E-state index contributed by atoms with van der Waals surface area (Å²) in [5, 5.41) is 0.731. The first-order chi connectivity index (χ1) is 11.6. The number of benzene rings is 2. The van der Waals surface area contributed by atoms with Crippen LogP contribution >= 0.6 is 0 Å². The molecule has 0 saturated heterocycles. The van der Waals surface area contributed by atoms with Crippen molar-refractivity contribution in [3.05, 3.63) is 77.9 Å². The van der Waals surface area contributed by atoms with Gasteiger partial charge in [0.1, 0.15) is 12.4 Å². The van der Waals surface area contributed by atoms with E-state index in [1.54, 1.807) is 54.6 Å². The van der Waals surface area contributed by atoms with Gasteiger partial charge in [-0.2, -0.15) is 5.01 Å². The maximum atomic E-state index is 12.3. The summed E-state index contributed by atoms with van der Waals surface area (Å²) in [6.45, 7) is 3.91. The van der Waals surface area contributed by atoms with Gasteiger partial charge in [-0.3, -0.25) is 19.8 Å². The lowest BCUT2D eigenvalue weighted by atomic mass is 10.1. The number of hydrazine groups is 1. The molecule has 0 aromatic heterocycles. The second-order valence-corrected chi connectivity index (χ2v) is 5.06. The summed E-state index contributed by atoms with van der Waals surface area (Å²) < 4.78 is 5.33. The Balaban J connectivity index is 1.73. The van der Waals surface area contributed by atoms with Gasteiger partial charge < -0.3 is 4.74 Å². The normalized spacial score (nSPS) is 12.8. The highest BCUT2D eigenvalue weighted by Crippen LogP contribution is 2.21. The molecule has 2 aromatic rings. The highest BCUT2D eigenvalue weighted by molar-refractivity contribution is 6.22. The second-order valence-electron chi connectivity index (χ2n) is 5.06. The zero-order valence-corrected chi connectivity index (χ0v) is 12.7. The second kappa shape index (κ2) is 6.37. The van der Waals surface area contributed by atoms with Crippen LogP contribution in [0.2, 0.25) is 0 Å². The van der Waals surface area contributed by atoms with E-state index in [0.717, 1.165) is 5.01 Å². The lowest BCUT2D eigenvalue weighted by Crippen LogP contribution is -2.45. The van der Waals surface area contributed by atoms with Crippen LogP contribution in [0.25, 0.3) is 0 Å². The van der Waals surface area contributed by atoms with Gasteiger partial charge in [0.25, 0.3) is 17.7 Å². The molecule has 0 aliphatic carbocycles. The van der Waals surface area contributed by atoms with Gasteiger partial charge in [0, 0.05) is 5.56 Å². The Morgan fingerprint density at radius 3 is 2.17 bits per heavy atom. The van der Waals surface area contributed by atoms with Crippen molar-refractivity contribution < 1.29 is 19.1 Å². The molecular weight excluding hydrogens is 308 g/mol. The van der Waals surface area contributed by atoms with Crippen molar-refractivity contribution in [2.45, 2.75) is 0 Å². The Morgan fingerprint density at radius 2 is 1.62 bits per heavy atom. The van der Waals surface area contributed by atoms with Crippen LogP contribution in [0.15, 0.2) is 61.2 Å². The molecule has 0 bridgehead atoms. The predicted octanol–water partition coefficient (Wildman–Crippen LogP) is 2.19. The minimum absolute atomic E-state index is 0.274. The van der Waals surface area contributed by atoms with Gasteiger partial charge in [0.2, 0.25) is 0 Å². The Bertz CT molecular complexity index is 792. The summed E-state index contributed by atoms with van der Waals surface area (Å²) in [5.74, 6) is -1.06. The van der Waals surface area contributed by atoms with Crippen LogP contribution in [0, 0.1) is 0 Å². The van der Waals surface area contributed by atoms with Crippen LogP contribution < -0.4 is 10.2 Å². The van der Waals surface area contributed by atoms with Crippen molar-refractivity contribution in [3.8, 4) is 5.75 Å². The van der Waals surface area contributed by atoms with E-state index in [1.807, 2.05) is 0 Å². The summed E-state index contributed by atoms with van der Waals surface area (Å²) >= 11 is 0. The highest BCUT2D eigenvalue weighted by Gasteiger charge is 2.36. The van der Waals surface area contributed by atoms with E-state index in [4.69, 9.17) is 4.74 Å². The Hall–Kier alpha value is -3.41. The first-order valence-electron chi connectivity index (χ1n) is 7.24. The minimum Gasteiger partial charge on any atom is -0.490 e. The molecule has 1 N–H and O–H groups in total. The fourth-order valence-corrected chi connectivity index (χ4v) is 2.31. The molecule has 2 aromatic carbocycles. The number of carbonyl (C=O) groups is 3. The Kier molecular flexibility index (Phi) is 4.11. The molecule has 0 unspecified atom stereocenters. The van der Waals surface area contributed by atoms with Crippen LogP contribution in [0.3, 0.4) is 0 Å². The average molecular weight is 322 g/mol. The van der Waals surface area contributed by atoms with Crippen LogP contribution in [0.1, 0.15) is 31.1 Å². The van der Waals surface area contributed by atoms with Gasteiger partial charge in [0.05, 0.1) is 11.1 Å². The molecule has 0 radical (unpaired) electrons. The lowest BCUT2D eigenvalue weighted by Gasteiger charge is -2.15. The number of ether oxygens (including phenoxy) is 1. The van der Waals surface area contributed by atoms with Gasteiger partial charge in [-0.15, -0.1) is 0 Å². The zero-order chi connectivity index (χ0) is 17.1. The fourth-order valence-electron chi connectivity index (χ4n) is 2.31. The first kappa shape index (κ1) is 15.5.